The van der Waals surface area contributed by atoms with Crippen LogP contribution in [0.2, 0.25) is 0 Å². The highest BCUT2D eigenvalue weighted by molar-refractivity contribution is 8.00. The van der Waals surface area contributed by atoms with Gasteiger partial charge in [-0.15, -0.1) is 11.8 Å². The molecule has 5 nitrogen and oxygen atoms in total. The number of fused-ring (bicyclic) bond motifs is 2. The van der Waals surface area contributed by atoms with Gasteiger partial charge in [-0.25, -0.2) is 0 Å². The Balaban J connectivity index is 1.98. The third-order valence-corrected chi connectivity index (χ3v) is 4.79. The van der Waals surface area contributed by atoms with E-state index in [1.165, 1.54) is 11.8 Å². The molecule has 0 aromatic heterocycles. The van der Waals surface area contributed by atoms with Crippen LogP contribution in [-0.2, 0) is 9.53 Å². The number of ketones is 2. The third kappa shape index (κ3) is 2.69. The first-order valence-corrected chi connectivity index (χ1v) is 8.42. The van der Waals surface area contributed by atoms with Gasteiger partial charge in [0.05, 0.1) is 23.6 Å². The first-order valence-electron chi connectivity index (χ1n) is 7.44. The molecular weight excluding hydrogens is 326 g/mol. The van der Waals surface area contributed by atoms with E-state index in [2.05, 4.69) is 0 Å². The van der Waals surface area contributed by atoms with Crippen LogP contribution >= 0.6 is 11.8 Å². The molecule has 6 heteroatoms. The largest absolute Gasteiger partial charge is 0.465 e. The second kappa shape index (κ2) is 6.49. The molecule has 2 aromatic carbocycles. The number of ether oxygens (including phenoxy) is 1. The zero-order chi connectivity index (χ0) is 17.3. The second-order valence-corrected chi connectivity index (χ2v) is 6.21. The summed E-state index contributed by atoms with van der Waals surface area (Å²) in [4.78, 5) is 37.4. The molecule has 0 aliphatic heterocycles. The predicted molar refractivity (Wildman–Crippen MR) is 91.5 cm³/mol. The van der Waals surface area contributed by atoms with E-state index in [1.807, 2.05) is 0 Å². The van der Waals surface area contributed by atoms with Gasteiger partial charge in [-0.2, -0.15) is 0 Å². The summed E-state index contributed by atoms with van der Waals surface area (Å²) in [5.41, 5.74) is 7.62. The Kier molecular flexibility index (Phi) is 4.40. The van der Waals surface area contributed by atoms with Gasteiger partial charge in [0.1, 0.15) is 0 Å². The van der Waals surface area contributed by atoms with Crippen LogP contribution in [-0.4, -0.2) is 29.9 Å². The van der Waals surface area contributed by atoms with Crippen molar-refractivity contribution in [3.63, 3.8) is 0 Å². The summed E-state index contributed by atoms with van der Waals surface area (Å²) in [7, 11) is 0. The quantitative estimate of drug-likeness (QED) is 0.446. The first-order chi connectivity index (χ1) is 11.5. The number of hydrogen-bond donors (Lipinski definition) is 1. The third-order valence-electron chi connectivity index (χ3n) is 3.74. The van der Waals surface area contributed by atoms with Crippen molar-refractivity contribution in [2.24, 2.45) is 0 Å². The van der Waals surface area contributed by atoms with Gasteiger partial charge in [-0.3, -0.25) is 14.4 Å². The van der Waals surface area contributed by atoms with Crippen LogP contribution < -0.4 is 5.73 Å². The highest BCUT2D eigenvalue weighted by Gasteiger charge is 2.31. The van der Waals surface area contributed by atoms with Gasteiger partial charge in [-0.05, 0) is 19.1 Å². The van der Waals surface area contributed by atoms with Crippen LogP contribution in [0.3, 0.4) is 0 Å². The van der Waals surface area contributed by atoms with Crippen molar-refractivity contribution in [3.8, 4) is 0 Å². The van der Waals surface area contributed by atoms with Crippen molar-refractivity contribution >= 4 is 35.0 Å². The van der Waals surface area contributed by atoms with E-state index in [4.69, 9.17) is 10.5 Å². The first kappa shape index (κ1) is 16.3. The molecule has 0 saturated heterocycles. The average molecular weight is 341 g/mol. The van der Waals surface area contributed by atoms with E-state index in [-0.39, 0.29) is 34.5 Å². The highest BCUT2D eigenvalue weighted by atomic mass is 32.2. The summed E-state index contributed by atoms with van der Waals surface area (Å²) in [5.74, 6) is -0.743. The van der Waals surface area contributed by atoms with Gasteiger partial charge in [0, 0.05) is 21.6 Å². The van der Waals surface area contributed by atoms with E-state index in [1.54, 1.807) is 43.3 Å². The lowest BCUT2D eigenvalue weighted by molar-refractivity contribution is -0.139. The molecule has 1 aliphatic carbocycles. The van der Waals surface area contributed by atoms with Gasteiger partial charge < -0.3 is 10.5 Å². The molecule has 0 amide bonds. The Morgan fingerprint density at radius 3 is 2.38 bits per heavy atom. The lowest BCUT2D eigenvalue weighted by atomic mass is 9.83. The predicted octanol–water partition coefficient (Wildman–Crippen LogP) is 2.70. The maximum absolute atomic E-state index is 12.7. The smallest absolute Gasteiger partial charge is 0.316 e. The molecular formula is C18H15NO4S. The fourth-order valence-corrected chi connectivity index (χ4v) is 3.44. The molecule has 0 heterocycles. The zero-order valence-corrected chi connectivity index (χ0v) is 13.8. The summed E-state index contributed by atoms with van der Waals surface area (Å²) in [6.07, 6.45) is 0. The van der Waals surface area contributed by atoms with Crippen molar-refractivity contribution in [1.29, 1.82) is 0 Å². The summed E-state index contributed by atoms with van der Waals surface area (Å²) in [5, 5.41) is 0. The van der Waals surface area contributed by atoms with Crippen LogP contribution in [0.1, 0.15) is 38.8 Å². The Morgan fingerprint density at radius 1 is 1.04 bits per heavy atom. The SMILES string of the molecule is CCOC(=O)CSc1ccc2c(c1N)C(=O)c1ccccc1C2=O. The number of hydrogen-bond acceptors (Lipinski definition) is 6. The minimum Gasteiger partial charge on any atom is -0.465 e. The second-order valence-electron chi connectivity index (χ2n) is 5.20. The fourth-order valence-electron chi connectivity index (χ4n) is 2.66. The van der Waals surface area contributed by atoms with Crippen LogP contribution in [0.5, 0.6) is 0 Å². The fraction of sp³-hybridized carbons (Fsp3) is 0.167. The molecule has 0 bridgehead atoms. The molecule has 24 heavy (non-hydrogen) atoms. The molecule has 0 saturated carbocycles. The number of esters is 1. The van der Waals surface area contributed by atoms with Crippen molar-refractivity contribution < 1.29 is 19.1 Å². The maximum Gasteiger partial charge on any atom is 0.316 e. The standard InChI is InChI=1S/C18H15NO4S/c1-2-23-14(20)9-24-13-8-7-12-15(16(13)19)18(22)11-6-4-3-5-10(11)17(12)21/h3-8H,2,9,19H2,1H3. The lowest BCUT2D eigenvalue weighted by Crippen LogP contribution is -2.22. The number of benzene rings is 2. The molecule has 0 spiro atoms. The monoisotopic (exact) mass is 341 g/mol. The molecule has 1 aliphatic rings. The van der Waals surface area contributed by atoms with E-state index >= 15 is 0 Å². The molecule has 122 valence electrons. The Hall–Kier alpha value is -2.60. The normalized spacial score (nSPS) is 12.5. The Bertz CT molecular complexity index is 860. The van der Waals surface area contributed by atoms with E-state index in [0.717, 1.165) is 0 Å². The summed E-state index contributed by atoms with van der Waals surface area (Å²) in [6.45, 7) is 2.04. The molecule has 0 fully saturated rings. The molecule has 2 aromatic rings. The van der Waals surface area contributed by atoms with Crippen LogP contribution in [0, 0.1) is 0 Å². The molecule has 0 unspecified atom stereocenters. The summed E-state index contributed by atoms with van der Waals surface area (Å²) < 4.78 is 4.88. The number of nitrogens with two attached hydrogens (primary N) is 1. The maximum atomic E-state index is 12.7. The Morgan fingerprint density at radius 2 is 1.71 bits per heavy atom. The van der Waals surface area contributed by atoms with Crippen LogP contribution in [0.4, 0.5) is 5.69 Å². The van der Waals surface area contributed by atoms with Gasteiger partial charge >= 0.3 is 5.97 Å². The minimum atomic E-state index is -0.354. The van der Waals surface area contributed by atoms with Crippen LogP contribution in [0.25, 0.3) is 0 Å². The lowest BCUT2D eigenvalue weighted by Gasteiger charge is -2.20. The van der Waals surface area contributed by atoms with Crippen molar-refractivity contribution in [3.05, 3.63) is 58.7 Å². The zero-order valence-electron chi connectivity index (χ0n) is 13.0. The number of carbonyl (C=O) groups is 3. The molecule has 3 rings (SSSR count). The van der Waals surface area contributed by atoms with E-state index in [0.29, 0.717) is 28.2 Å². The van der Waals surface area contributed by atoms with E-state index in [9.17, 15) is 14.4 Å². The minimum absolute atomic E-state index is 0.0928. The van der Waals surface area contributed by atoms with Gasteiger partial charge in [-0.1, -0.05) is 24.3 Å². The average Bonchev–Trinajstić information content (AvgIpc) is 2.59. The topological polar surface area (TPSA) is 86.5 Å². The summed E-state index contributed by atoms with van der Waals surface area (Å²) in [6, 6.07) is 9.95. The number of nitrogen functional groups attached to an aromatic ring is 1. The van der Waals surface area contributed by atoms with Crippen molar-refractivity contribution in [2.45, 2.75) is 11.8 Å². The van der Waals surface area contributed by atoms with Crippen molar-refractivity contribution in [1.82, 2.24) is 0 Å². The number of anilines is 1. The molecule has 2 N–H and O–H groups in total. The number of carbonyl (C=O) groups excluding carboxylic acids is 3. The van der Waals surface area contributed by atoms with Crippen molar-refractivity contribution in [2.75, 3.05) is 18.1 Å². The Labute approximate surface area is 143 Å². The van der Waals surface area contributed by atoms with Gasteiger partial charge in [0.25, 0.3) is 0 Å². The van der Waals surface area contributed by atoms with Crippen LogP contribution in [0.15, 0.2) is 41.3 Å². The highest BCUT2D eigenvalue weighted by Crippen LogP contribution is 2.36. The van der Waals surface area contributed by atoms with Gasteiger partial charge in [0.15, 0.2) is 11.6 Å². The molecule has 0 radical (unpaired) electrons. The van der Waals surface area contributed by atoms with Gasteiger partial charge in [0.2, 0.25) is 0 Å². The summed E-state index contributed by atoms with van der Waals surface area (Å²) >= 11 is 1.19. The van der Waals surface area contributed by atoms with E-state index < -0.39 is 0 Å². The number of thioether (sulfide) groups is 1. The number of rotatable bonds is 4. The molecule has 0 atom stereocenters.